The number of nitrogens with zero attached hydrogens (tertiary/aromatic N) is 1. The molecule has 5 rings (SSSR count). The van der Waals surface area contributed by atoms with E-state index >= 15 is 0 Å². The number of aliphatic hydroxyl groups is 1. The molecule has 2 aromatic carbocycles. The third-order valence-electron chi connectivity index (χ3n) is 4.92. The Morgan fingerprint density at radius 3 is 2.35 bits per heavy atom. The molecule has 0 radical (unpaired) electrons. The van der Waals surface area contributed by atoms with E-state index in [1.807, 2.05) is 53.9 Å². The molecule has 31 heavy (non-hydrogen) atoms. The molecule has 0 saturated carbocycles. The fourth-order valence-corrected chi connectivity index (χ4v) is 4.56. The van der Waals surface area contributed by atoms with Crippen LogP contribution in [0.2, 0.25) is 0 Å². The van der Waals surface area contributed by atoms with Crippen molar-refractivity contribution in [1.82, 2.24) is 4.98 Å². The largest absolute Gasteiger partial charge is 0.472 e. The molecular weight excluding hydrogens is 428 g/mol. The standard InChI is InChI=1S/C24H18N2O3S2/c27-23(16-1-4-20(5-2-16)31-26-24-25-9-12-30-24)21-6-3-17(18-7-10-28-14-18)13-22(21)19-8-11-29-15-19/h1-15,23,27H,(H,25,26). The van der Waals surface area contributed by atoms with Gasteiger partial charge in [-0.2, -0.15) is 0 Å². The minimum absolute atomic E-state index is 0.769. The summed E-state index contributed by atoms with van der Waals surface area (Å²) in [5.41, 5.74) is 5.47. The van der Waals surface area contributed by atoms with Gasteiger partial charge in [0.15, 0.2) is 5.13 Å². The summed E-state index contributed by atoms with van der Waals surface area (Å²) in [4.78, 5) is 5.25. The normalized spacial score (nSPS) is 12.0. The van der Waals surface area contributed by atoms with Crippen LogP contribution in [-0.4, -0.2) is 10.1 Å². The van der Waals surface area contributed by atoms with E-state index in [4.69, 9.17) is 8.83 Å². The third-order valence-corrected chi connectivity index (χ3v) is 6.54. The van der Waals surface area contributed by atoms with E-state index in [1.165, 1.54) is 11.9 Å². The Morgan fingerprint density at radius 1 is 0.903 bits per heavy atom. The zero-order chi connectivity index (χ0) is 21.0. The van der Waals surface area contributed by atoms with Crippen LogP contribution in [0.15, 0.2) is 105 Å². The van der Waals surface area contributed by atoms with Gasteiger partial charge in [-0.25, -0.2) is 4.98 Å². The first-order valence-corrected chi connectivity index (χ1v) is 11.3. The first kappa shape index (κ1) is 19.7. The molecule has 0 amide bonds. The summed E-state index contributed by atoms with van der Waals surface area (Å²) in [5.74, 6) is 0. The molecule has 0 bridgehead atoms. The molecule has 3 heterocycles. The van der Waals surface area contributed by atoms with E-state index in [9.17, 15) is 5.11 Å². The molecule has 7 heteroatoms. The maximum Gasteiger partial charge on any atom is 0.192 e. The Labute approximate surface area is 187 Å². The van der Waals surface area contributed by atoms with E-state index < -0.39 is 6.10 Å². The molecule has 154 valence electrons. The SMILES string of the molecule is OC(c1ccc(SNc2nccs2)cc1)c1ccc(-c2ccoc2)cc1-c1ccoc1. The monoisotopic (exact) mass is 446 g/mol. The lowest BCUT2D eigenvalue weighted by Gasteiger charge is -2.17. The molecule has 2 N–H and O–H groups in total. The number of anilines is 1. The van der Waals surface area contributed by atoms with E-state index in [2.05, 4.69) is 15.8 Å². The van der Waals surface area contributed by atoms with Gasteiger partial charge in [0.05, 0.1) is 25.1 Å². The van der Waals surface area contributed by atoms with Gasteiger partial charge in [-0.05, 0) is 64.5 Å². The van der Waals surface area contributed by atoms with Crippen LogP contribution < -0.4 is 4.72 Å². The van der Waals surface area contributed by atoms with Gasteiger partial charge in [-0.1, -0.05) is 24.3 Å². The summed E-state index contributed by atoms with van der Waals surface area (Å²) in [6.45, 7) is 0. The van der Waals surface area contributed by atoms with Gasteiger partial charge in [0.25, 0.3) is 0 Å². The van der Waals surface area contributed by atoms with Gasteiger partial charge in [0.1, 0.15) is 6.10 Å². The highest BCUT2D eigenvalue weighted by atomic mass is 32.2. The topological polar surface area (TPSA) is 71.4 Å². The van der Waals surface area contributed by atoms with Crippen molar-refractivity contribution in [2.45, 2.75) is 11.0 Å². The number of furan rings is 2. The molecule has 5 aromatic rings. The Morgan fingerprint density at radius 2 is 1.68 bits per heavy atom. The maximum atomic E-state index is 11.2. The summed E-state index contributed by atoms with van der Waals surface area (Å²) in [5, 5.41) is 14.0. The van der Waals surface area contributed by atoms with Crippen molar-refractivity contribution < 1.29 is 13.9 Å². The first-order chi connectivity index (χ1) is 15.3. The average Bonchev–Trinajstić information content (AvgIpc) is 3.60. The Bertz CT molecular complexity index is 1230. The highest BCUT2D eigenvalue weighted by Crippen LogP contribution is 2.36. The van der Waals surface area contributed by atoms with Crippen molar-refractivity contribution in [3.8, 4) is 22.3 Å². The maximum absolute atomic E-state index is 11.2. The lowest BCUT2D eigenvalue weighted by atomic mass is 9.91. The fourth-order valence-electron chi connectivity index (χ4n) is 3.34. The van der Waals surface area contributed by atoms with Crippen LogP contribution in [0.4, 0.5) is 5.13 Å². The number of thiazole rings is 1. The average molecular weight is 447 g/mol. The van der Waals surface area contributed by atoms with Crippen LogP contribution in [0.1, 0.15) is 17.2 Å². The number of nitrogens with one attached hydrogen (secondary N) is 1. The fraction of sp³-hybridized carbons (Fsp3) is 0.0417. The summed E-state index contributed by atoms with van der Waals surface area (Å²) in [6, 6.07) is 17.7. The molecule has 0 spiro atoms. The zero-order valence-corrected chi connectivity index (χ0v) is 17.9. The number of hydrogen-bond acceptors (Lipinski definition) is 7. The number of benzene rings is 2. The van der Waals surface area contributed by atoms with E-state index in [0.717, 1.165) is 43.4 Å². The second-order valence-electron chi connectivity index (χ2n) is 6.84. The van der Waals surface area contributed by atoms with Gasteiger partial charge in [0, 0.05) is 27.6 Å². The minimum Gasteiger partial charge on any atom is -0.472 e. The molecule has 0 aliphatic carbocycles. The van der Waals surface area contributed by atoms with Gasteiger partial charge in [-0.3, -0.25) is 0 Å². The van der Waals surface area contributed by atoms with Crippen LogP contribution in [0.25, 0.3) is 22.3 Å². The lowest BCUT2D eigenvalue weighted by Crippen LogP contribution is -2.02. The van der Waals surface area contributed by atoms with E-state index in [0.29, 0.717) is 0 Å². The molecule has 3 aromatic heterocycles. The lowest BCUT2D eigenvalue weighted by molar-refractivity contribution is 0.221. The molecule has 1 unspecified atom stereocenters. The number of aliphatic hydroxyl groups excluding tert-OH is 1. The highest BCUT2D eigenvalue weighted by molar-refractivity contribution is 8.00. The second kappa shape index (κ2) is 8.85. The van der Waals surface area contributed by atoms with Crippen molar-refractivity contribution in [1.29, 1.82) is 0 Å². The predicted molar refractivity (Wildman–Crippen MR) is 124 cm³/mol. The van der Waals surface area contributed by atoms with Crippen molar-refractivity contribution in [2.75, 3.05) is 4.72 Å². The van der Waals surface area contributed by atoms with Crippen molar-refractivity contribution >= 4 is 28.4 Å². The third kappa shape index (κ3) is 4.29. The summed E-state index contributed by atoms with van der Waals surface area (Å²) in [6.07, 6.45) is 7.68. The van der Waals surface area contributed by atoms with Gasteiger partial charge < -0.3 is 18.7 Å². The smallest absolute Gasteiger partial charge is 0.192 e. The molecule has 1 atom stereocenters. The molecule has 0 saturated heterocycles. The summed E-state index contributed by atoms with van der Waals surface area (Å²) < 4.78 is 13.7. The second-order valence-corrected chi connectivity index (χ2v) is 8.61. The quantitative estimate of drug-likeness (QED) is 0.266. The van der Waals surface area contributed by atoms with Crippen LogP contribution >= 0.6 is 23.3 Å². The number of hydrogen-bond donors (Lipinski definition) is 2. The molecule has 5 nitrogen and oxygen atoms in total. The van der Waals surface area contributed by atoms with Crippen LogP contribution in [0, 0.1) is 0 Å². The zero-order valence-electron chi connectivity index (χ0n) is 16.3. The molecule has 0 fully saturated rings. The van der Waals surface area contributed by atoms with E-state index in [1.54, 1.807) is 42.6 Å². The predicted octanol–water partition coefficient (Wildman–Crippen LogP) is 6.86. The van der Waals surface area contributed by atoms with Gasteiger partial charge in [0.2, 0.25) is 0 Å². The van der Waals surface area contributed by atoms with Crippen molar-refractivity contribution in [3.63, 3.8) is 0 Å². The molecule has 0 aliphatic rings. The Balaban J connectivity index is 1.42. The first-order valence-electron chi connectivity index (χ1n) is 9.57. The van der Waals surface area contributed by atoms with E-state index in [-0.39, 0.29) is 0 Å². The number of rotatable bonds is 7. The van der Waals surface area contributed by atoms with Crippen LogP contribution in [-0.2, 0) is 0 Å². The number of aromatic nitrogens is 1. The van der Waals surface area contributed by atoms with Crippen molar-refractivity contribution in [3.05, 3.63) is 102 Å². The molecular formula is C24H18N2O3S2. The Kier molecular flexibility index (Phi) is 5.62. The Hall–Kier alpha value is -3.26. The molecule has 0 aliphatic heterocycles. The van der Waals surface area contributed by atoms with Crippen molar-refractivity contribution in [2.24, 2.45) is 0 Å². The highest BCUT2D eigenvalue weighted by Gasteiger charge is 2.18. The summed E-state index contributed by atoms with van der Waals surface area (Å²) >= 11 is 3.04. The van der Waals surface area contributed by atoms with Crippen LogP contribution in [0.5, 0.6) is 0 Å². The van der Waals surface area contributed by atoms with Gasteiger partial charge in [-0.15, -0.1) is 11.3 Å². The van der Waals surface area contributed by atoms with Crippen LogP contribution in [0.3, 0.4) is 0 Å². The minimum atomic E-state index is -0.769. The summed E-state index contributed by atoms with van der Waals surface area (Å²) in [7, 11) is 0. The van der Waals surface area contributed by atoms with Gasteiger partial charge >= 0.3 is 0 Å².